The van der Waals surface area contributed by atoms with Gasteiger partial charge in [0.05, 0.1) is 11.4 Å². The maximum atomic E-state index is 11.7. The molecule has 0 saturated carbocycles. The van der Waals surface area contributed by atoms with Crippen molar-refractivity contribution in [3.63, 3.8) is 0 Å². The zero-order valence-electron chi connectivity index (χ0n) is 9.72. The summed E-state index contributed by atoms with van der Waals surface area (Å²) in [6.45, 7) is 5.58. The maximum absolute atomic E-state index is 11.7. The molecule has 0 spiro atoms. The summed E-state index contributed by atoms with van der Waals surface area (Å²) in [6, 6.07) is 3.15. The van der Waals surface area contributed by atoms with Crippen molar-refractivity contribution < 1.29 is 8.39 Å². The Morgan fingerprint density at radius 2 is 1.65 bits per heavy atom. The van der Waals surface area contributed by atoms with Crippen molar-refractivity contribution in [2.75, 3.05) is 0 Å². The molecule has 0 bridgehead atoms. The van der Waals surface area contributed by atoms with E-state index >= 15 is 0 Å². The third kappa shape index (κ3) is 4.42. The molecule has 1 aromatic carbocycles. The van der Waals surface area contributed by atoms with Gasteiger partial charge in [-0.05, 0) is 32.9 Å². The summed E-state index contributed by atoms with van der Waals surface area (Å²) >= 11 is 16.3. The van der Waals surface area contributed by atoms with Crippen LogP contribution in [0.5, 0.6) is 0 Å². The summed E-state index contributed by atoms with van der Waals surface area (Å²) in [5.74, 6) is 0. The van der Waals surface area contributed by atoms with Gasteiger partial charge in [-0.2, -0.15) is 0 Å². The Hall–Kier alpha value is 0.200. The van der Waals surface area contributed by atoms with Gasteiger partial charge in [-0.25, -0.2) is 4.21 Å². The van der Waals surface area contributed by atoms with E-state index in [0.717, 1.165) is 0 Å². The van der Waals surface area contributed by atoms with Crippen molar-refractivity contribution in [2.24, 2.45) is 0 Å². The first-order chi connectivity index (χ1) is 7.71. The molecular weight excluding hydrogens is 303 g/mol. The van der Waals surface area contributed by atoms with Gasteiger partial charge >= 0.3 is 0 Å². The zero-order valence-corrected chi connectivity index (χ0v) is 12.8. The lowest BCUT2D eigenvalue weighted by atomic mass is 10.2. The predicted molar refractivity (Wildman–Crippen MR) is 74.2 cm³/mol. The number of hydrogen-bond acceptors (Lipinski definition) is 2. The molecule has 1 atom stereocenters. The second-order valence-corrected chi connectivity index (χ2v) is 7.64. The molecular formula is C11H13Cl3O2S. The van der Waals surface area contributed by atoms with E-state index in [0.29, 0.717) is 20.6 Å². The van der Waals surface area contributed by atoms with Crippen molar-refractivity contribution in [1.29, 1.82) is 0 Å². The topological polar surface area (TPSA) is 26.3 Å². The minimum atomic E-state index is -1.41. The van der Waals surface area contributed by atoms with Gasteiger partial charge in [0, 0.05) is 20.6 Å². The van der Waals surface area contributed by atoms with Gasteiger partial charge in [0.25, 0.3) is 0 Å². The second-order valence-electron chi connectivity index (χ2n) is 4.46. The Balaban J connectivity index is 2.80. The van der Waals surface area contributed by atoms with Crippen LogP contribution in [0.25, 0.3) is 0 Å². The van der Waals surface area contributed by atoms with Crippen LogP contribution in [-0.4, -0.2) is 8.96 Å². The number of rotatable bonds is 3. The monoisotopic (exact) mass is 314 g/mol. The highest BCUT2D eigenvalue weighted by molar-refractivity contribution is 7.81. The minimum Gasteiger partial charge on any atom is -0.285 e. The van der Waals surface area contributed by atoms with Gasteiger partial charge in [0.15, 0.2) is 11.1 Å². The Labute approximate surface area is 119 Å². The fraction of sp³-hybridized carbons (Fsp3) is 0.455. The first kappa shape index (κ1) is 15.3. The fourth-order valence-electron chi connectivity index (χ4n) is 0.999. The Morgan fingerprint density at radius 3 is 2.06 bits per heavy atom. The van der Waals surface area contributed by atoms with E-state index in [1.807, 2.05) is 20.8 Å². The summed E-state index contributed by atoms with van der Waals surface area (Å²) in [5.41, 5.74) is 0.593. The molecule has 2 nitrogen and oxygen atoms in total. The highest BCUT2D eigenvalue weighted by atomic mass is 35.5. The SMILES string of the molecule is CC(C)(C)[S@](=O)OCc1c(Cl)cc(Cl)cc1Cl. The van der Waals surface area contributed by atoms with Crippen LogP contribution in [-0.2, 0) is 21.9 Å². The van der Waals surface area contributed by atoms with Crippen LogP contribution in [0.1, 0.15) is 26.3 Å². The lowest BCUT2D eigenvalue weighted by Gasteiger charge is -2.17. The highest BCUT2D eigenvalue weighted by Crippen LogP contribution is 2.30. The van der Waals surface area contributed by atoms with Crippen LogP contribution in [0.4, 0.5) is 0 Å². The molecule has 17 heavy (non-hydrogen) atoms. The second kappa shape index (κ2) is 5.89. The van der Waals surface area contributed by atoms with Crippen LogP contribution in [0, 0.1) is 0 Å². The van der Waals surface area contributed by atoms with Gasteiger partial charge < -0.3 is 0 Å². The van der Waals surface area contributed by atoms with Crippen LogP contribution in [0.15, 0.2) is 12.1 Å². The van der Waals surface area contributed by atoms with E-state index in [4.69, 9.17) is 39.0 Å². The van der Waals surface area contributed by atoms with Gasteiger partial charge in [0.2, 0.25) is 0 Å². The number of halogens is 3. The van der Waals surface area contributed by atoms with Gasteiger partial charge in [0.1, 0.15) is 0 Å². The van der Waals surface area contributed by atoms with Crippen molar-refractivity contribution in [3.05, 3.63) is 32.8 Å². The van der Waals surface area contributed by atoms with Gasteiger partial charge in [-0.1, -0.05) is 34.8 Å². The molecule has 0 fully saturated rings. The molecule has 0 N–H and O–H groups in total. The highest BCUT2D eigenvalue weighted by Gasteiger charge is 2.21. The van der Waals surface area contributed by atoms with Gasteiger partial charge in [-0.15, -0.1) is 0 Å². The van der Waals surface area contributed by atoms with E-state index in [-0.39, 0.29) is 6.61 Å². The van der Waals surface area contributed by atoms with Crippen LogP contribution >= 0.6 is 34.8 Å². The fourth-order valence-corrected chi connectivity index (χ4v) is 2.50. The van der Waals surface area contributed by atoms with Crippen LogP contribution < -0.4 is 0 Å². The molecule has 0 saturated heterocycles. The average molecular weight is 316 g/mol. The van der Waals surface area contributed by atoms with Crippen molar-refractivity contribution in [1.82, 2.24) is 0 Å². The molecule has 1 rings (SSSR count). The van der Waals surface area contributed by atoms with Gasteiger partial charge in [-0.3, -0.25) is 4.18 Å². The molecule has 0 aliphatic heterocycles. The molecule has 0 aliphatic carbocycles. The summed E-state index contributed by atoms with van der Waals surface area (Å²) in [6.07, 6.45) is 0. The lowest BCUT2D eigenvalue weighted by molar-refractivity contribution is 0.326. The molecule has 0 amide bonds. The quantitative estimate of drug-likeness (QED) is 0.813. The molecule has 0 aliphatic rings. The molecule has 0 aromatic heterocycles. The minimum absolute atomic E-state index is 0.0959. The Bertz CT molecular complexity index is 418. The average Bonchev–Trinajstić information content (AvgIpc) is 2.13. The summed E-state index contributed by atoms with van der Waals surface area (Å²) in [5, 5.41) is 1.28. The largest absolute Gasteiger partial charge is 0.285 e. The van der Waals surface area contributed by atoms with Crippen LogP contribution in [0.2, 0.25) is 15.1 Å². The molecule has 1 aromatic rings. The summed E-state index contributed by atoms with van der Waals surface area (Å²) in [7, 11) is 0. The Morgan fingerprint density at radius 1 is 1.18 bits per heavy atom. The third-order valence-electron chi connectivity index (χ3n) is 1.92. The normalized spacial score (nSPS) is 13.8. The predicted octanol–water partition coefficient (Wildman–Crippen LogP) is 4.63. The first-order valence-electron chi connectivity index (χ1n) is 4.90. The summed E-state index contributed by atoms with van der Waals surface area (Å²) < 4.78 is 16.5. The molecule has 0 heterocycles. The summed E-state index contributed by atoms with van der Waals surface area (Å²) in [4.78, 5) is 0. The van der Waals surface area contributed by atoms with E-state index < -0.39 is 15.8 Å². The van der Waals surface area contributed by atoms with Crippen molar-refractivity contribution in [3.8, 4) is 0 Å². The number of benzene rings is 1. The smallest absolute Gasteiger partial charge is 0.161 e. The van der Waals surface area contributed by atoms with E-state index in [1.165, 1.54) is 0 Å². The maximum Gasteiger partial charge on any atom is 0.161 e. The van der Waals surface area contributed by atoms with E-state index in [2.05, 4.69) is 0 Å². The molecule has 6 heteroatoms. The van der Waals surface area contributed by atoms with E-state index in [9.17, 15) is 4.21 Å². The molecule has 0 unspecified atom stereocenters. The standard InChI is InChI=1S/C11H13Cl3O2S/c1-11(2,3)17(15)16-6-8-9(13)4-7(12)5-10(8)14/h4-5H,6H2,1-3H3/t17-/m1/s1. The number of hydrogen-bond donors (Lipinski definition) is 0. The first-order valence-corrected chi connectivity index (χ1v) is 7.11. The van der Waals surface area contributed by atoms with E-state index in [1.54, 1.807) is 12.1 Å². The lowest BCUT2D eigenvalue weighted by Crippen LogP contribution is -2.23. The van der Waals surface area contributed by atoms with Crippen molar-refractivity contribution >= 4 is 45.9 Å². The van der Waals surface area contributed by atoms with Crippen LogP contribution in [0.3, 0.4) is 0 Å². The molecule has 96 valence electrons. The third-order valence-corrected chi connectivity index (χ3v) is 4.14. The molecule has 0 radical (unpaired) electrons. The Kier molecular flexibility index (Phi) is 5.29. The van der Waals surface area contributed by atoms with Crippen molar-refractivity contribution in [2.45, 2.75) is 32.1 Å². The zero-order chi connectivity index (χ0) is 13.2.